The summed E-state index contributed by atoms with van der Waals surface area (Å²) < 4.78 is 1.82. The Morgan fingerprint density at radius 3 is 2.21 bits per heavy atom. The van der Waals surface area contributed by atoms with Gasteiger partial charge in [-0.1, -0.05) is 60.7 Å². The lowest BCUT2D eigenvalue weighted by Crippen LogP contribution is -2.34. The number of benzene rings is 2. The van der Waals surface area contributed by atoms with Gasteiger partial charge in [-0.2, -0.15) is 5.10 Å². The van der Waals surface area contributed by atoms with Gasteiger partial charge < -0.3 is 10.6 Å². The number of hydrogen-bond donors (Lipinski definition) is 1. The third-order valence-corrected chi connectivity index (χ3v) is 4.64. The quantitative estimate of drug-likeness (QED) is 0.656. The Morgan fingerprint density at radius 1 is 1.00 bits per heavy atom. The van der Waals surface area contributed by atoms with E-state index < -0.39 is 5.91 Å². The van der Waals surface area contributed by atoms with Crippen molar-refractivity contribution in [3.63, 3.8) is 0 Å². The van der Waals surface area contributed by atoms with Crippen LogP contribution in [0, 0.1) is 6.92 Å². The lowest BCUT2D eigenvalue weighted by atomic mass is 10.1. The Bertz CT molecular complexity index is 936. The van der Waals surface area contributed by atoms with Crippen LogP contribution in [-0.2, 0) is 17.9 Å². The molecular formula is C22H24N4O2. The van der Waals surface area contributed by atoms with Crippen molar-refractivity contribution in [1.82, 2.24) is 14.7 Å². The average Bonchev–Trinajstić information content (AvgIpc) is 3.06. The summed E-state index contributed by atoms with van der Waals surface area (Å²) in [6, 6.07) is 19.7. The van der Waals surface area contributed by atoms with Crippen LogP contribution in [0.25, 0.3) is 0 Å². The maximum absolute atomic E-state index is 13.2. The second-order valence-corrected chi connectivity index (χ2v) is 6.72. The molecule has 3 aromatic rings. The van der Waals surface area contributed by atoms with Gasteiger partial charge in [0.05, 0.1) is 18.3 Å². The van der Waals surface area contributed by atoms with Crippen LogP contribution >= 0.6 is 0 Å². The van der Waals surface area contributed by atoms with Gasteiger partial charge in [-0.3, -0.25) is 14.3 Å². The maximum atomic E-state index is 13.2. The molecule has 28 heavy (non-hydrogen) atoms. The fourth-order valence-electron chi connectivity index (χ4n) is 3.04. The zero-order valence-electron chi connectivity index (χ0n) is 15.9. The summed E-state index contributed by atoms with van der Waals surface area (Å²) in [5.74, 6) is -0.579. The SMILES string of the molecule is Cc1c(C(=O)N(CCC(N)=O)Cc2ccccc2)cnn1Cc1ccccc1. The molecule has 0 fully saturated rings. The van der Waals surface area contributed by atoms with Crippen molar-refractivity contribution in [2.75, 3.05) is 6.54 Å². The standard InChI is InChI=1S/C22H24N4O2/c1-17-20(14-24-26(17)16-19-10-6-3-7-11-19)22(28)25(13-12-21(23)27)15-18-8-4-2-5-9-18/h2-11,14H,12-13,15-16H2,1H3,(H2,23,27). The fraction of sp³-hybridized carbons (Fsp3) is 0.227. The van der Waals surface area contributed by atoms with Crippen molar-refractivity contribution in [3.8, 4) is 0 Å². The van der Waals surface area contributed by atoms with E-state index in [1.807, 2.05) is 72.3 Å². The third kappa shape index (κ3) is 4.85. The number of amides is 2. The van der Waals surface area contributed by atoms with E-state index in [0.717, 1.165) is 16.8 Å². The molecule has 2 aromatic carbocycles. The highest BCUT2D eigenvalue weighted by atomic mass is 16.2. The van der Waals surface area contributed by atoms with Crippen LogP contribution in [0.15, 0.2) is 66.9 Å². The number of aromatic nitrogens is 2. The van der Waals surface area contributed by atoms with Crippen molar-refractivity contribution in [2.24, 2.45) is 5.73 Å². The normalized spacial score (nSPS) is 10.6. The molecule has 0 saturated carbocycles. The number of primary amides is 1. The first-order valence-electron chi connectivity index (χ1n) is 9.22. The number of carbonyl (C=O) groups excluding carboxylic acids is 2. The second kappa shape index (κ2) is 8.99. The summed E-state index contributed by atoms with van der Waals surface area (Å²) in [5, 5.41) is 4.39. The van der Waals surface area contributed by atoms with Crippen LogP contribution in [0.1, 0.15) is 33.6 Å². The molecule has 0 bridgehead atoms. The predicted molar refractivity (Wildman–Crippen MR) is 108 cm³/mol. The fourth-order valence-corrected chi connectivity index (χ4v) is 3.04. The number of nitrogens with two attached hydrogens (primary N) is 1. The van der Waals surface area contributed by atoms with Gasteiger partial charge in [0.1, 0.15) is 0 Å². The van der Waals surface area contributed by atoms with Crippen LogP contribution < -0.4 is 5.73 Å². The first-order valence-corrected chi connectivity index (χ1v) is 9.22. The van der Waals surface area contributed by atoms with E-state index in [1.165, 1.54) is 0 Å². The molecule has 0 atom stereocenters. The monoisotopic (exact) mass is 376 g/mol. The van der Waals surface area contributed by atoms with E-state index in [4.69, 9.17) is 5.73 Å². The van der Waals surface area contributed by atoms with Gasteiger partial charge in [-0.15, -0.1) is 0 Å². The minimum absolute atomic E-state index is 0.121. The summed E-state index contributed by atoms with van der Waals surface area (Å²) in [5.41, 5.74) is 8.74. The highest BCUT2D eigenvalue weighted by Crippen LogP contribution is 2.15. The molecule has 0 radical (unpaired) electrons. The van der Waals surface area contributed by atoms with Crippen molar-refractivity contribution in [1.29, 1.82) is 0 Å². The van der Waals surface area contributed by atoms with Crippen LogP contribution in [0.2, 0.25) is 0 Å². The lowest BCUT2D eigenvalue weighted by Gasteiger charge is -2.22. The Morgan fingerprint density at radius 2 is 1.61 bits per heavy atom. The number of rotatable bonds is 8. The largest absolute Gasteiger partial charge is 0.370 e. The first-order chi connectivity index (χ1) is 13.5. The van der Waals surface area contributed by atoms with Crippen molar-refractivity contribution in [2.45, 2.75) is 26.4 Å². The molecule has 0 saturated heterocycles. The molecule has 6 nitrogen and oxygen atoms in total. The molecule has 144 valence electrons. The highest BCUT2D eigenvalue weighted by molar-refractivity contribution is 5.95. The zero-order chi connectivity index (χ0) is 19.9. The summed E-state index contributed by atoms with van der Waals surface area (Å²) in [4.78, 5) is 26.1. The smallest absolute Gasteiger partial charge is 0.257 e. The average molecular weight is 376 g/mol. The van der Waals surface area contributed by atoms with E-state index in [-0.39, 0.29) is 18.9 Å². The van der Waals surface area contributed by atoms with Gasteiger partial charge in [0, 0.05) is 25.2 Å². The summed E-state index contributed by atoms with van der Waals surface area (Å²) in [6.45, 7) is 3.17. The molecule has 0 unspecified atom stereocenters. The van der Waals surface area contributed by atoms with Crippen molar-refractivity contribution >= 4 is 11.8 Å². The third-order valence-electron chi connectivity index (χ3n) is 4.64. The molecule has 3 rings (SSSR count). The maximum Gasteiger partial charge on any atom is 0.257 e. The van der Waals surface area contributed by atoms with Gasteiger partial charge in [0.25, 0.3) is 5.91 Å². The van der Waals surface area contributed by atoms with E-state index in [9.17, 15) is 9.59 Å². The molecule has 0 aliphatic rings. The molecule has 2 N–H and O–H groups in total. The molecule has 0 aliphatic carbocycles. The Labute approximate surface area is 164 Å². The Hall–Kier alpha value is -3.41. The van der Waals surface area contributed by atoms with Crippen LogP contribution in [0.5, 0.6) is 0 Å². The molecule has 1 aromatic heterocycles. The molecule has 6 heteroatoms. The van der Waals surface area contributed by atoms with Gasteiger partial charge >= 0.3 is 0 Å². The summed E-state index contributed by atoms with van der Waals surface area (Å²) in [6.07, 6.45) is 1.72. The van der Waals surface area contributed by atoms with Crippen LogP contribution in [0.4, 0.5) is 0 Å². The lowest BCUT2D eigenvalue weighted by molar-refractivity contribution is -0.118. The topological polar surface area (TPSA) is 81.2 Å². The van der Waals surface area contributed by atoms with E-state index in [2.05, 4.69) is 5.10 Å². The Kier molecular flexibility index (Phi) is 6.22. The van der Waals surface area contributed by atoms with E-state index >= 15 is 0 Å². The van der Waals surface area contributed by atoms with Gasteiger partial charge in [-0.25, -0.2) is 0 Å². The number of carbonyl (C=O) groups is 2. The zero-order valence-corrected chi connectivity index (χ0v) is 15.9. The van der Waals surface area contributed by atoms with Crippen molar-refractivity contribution < 1.29 is 9.59 Å². The van der Waals surface area contributed by atoms with Crippen LogP contribution in [-0.4, -0.2) is 33.0 Å². The van der Waals surface area contributed by atoms with Crippen LogP contribution in [0.3, 0.4) is 0 Å². The highest BCUT2D eigenvalue weighted by Gasteiger charge is 2.21. The minimum atomic E-state index is -0.428. The number of hydrogen-bond acceptors (Lipinski definition) is 3. The molecular weight excluding hydrogens is 352 g/mol. The van der Waals surface area contributed by atoms with Crippen molar-refractivity contribution in [3.05, 3.63) is 89.2 Å². The minimum Gasteiger partial charge on any atom is -0.370 e. The molecule has 0 aliphatic heterocycles. The van der Waals surface area contributed by atoms with Gasteiger partial charge in [0.2, 0.25) is 5.91 Å². The molecule has 1 heterocycles. The van der Waals surface area contributed by atoms with Gasteiger partial charge in [0.15, 0.2) is 0 Å². The predicted octanol–water partition coefficient (Wildman–Crippen LogP) is 2.76. The molecule has 2 amide bonds. The number of nitrogens with zero attached hydrogens (tertiary/aromatic N) is 3. The second-order valence-electron chi connectivity index (χ2n) is 6.72. The first kappa shape index (κ1) is 19.4. The summed E-state index contributed by atoms with van der Waals surface area (Å²) >= 11 is 0. The van der Waals surface area contributed by atoms with E-state index in [0.29, 0.717) is 18.7 Å². The van der Waals surface area contributed by atoms with Gasteiger partial charge in [-0.05, 0) is 18.1 Å². The molecule has 0 spiro atoms. The summed E-state index contributed by atoms with van der Waals surface area (Å²) in [7, 11) is 0. The Balaban J connectivity index is 1.80. The van der Waals surface area contributed by atoms with E-state index in [1.54, 1.807) is 11.1 Å².